The summed E-state index contributed by atoms with van der Waals surface area (Å²) in [4.78, 5) is 13.9. The fourth-order valence-electron chi connectivity index (χ4n) is 6.59. The van der Waals surface area contributed by atoms with Crippen molar-refractivity contribution < 1.29 is 22.6 Å². The summed E-state index contributed by atoms with van der Waals surface area (Å²) in [5.74, 6) is 1.75. The molecule has 3 aromatic rings. The van der Waals surface area contributed by atoms with Gasteiger partial charge >= 0.3 is 6.18 Å². The van der Waals surface area contributed by atoms with Crippen LogP contribution in [0.25, 0.3) is 10.9 Å². The van der Waals surface area contributed by atoms with Crippen LogP contribution < -0.4 is 15.0 Å². The molecule has 0 atom stereocenters. The zero-order valence-electron chi connectivity index (χ0n) is 24.3. The van der Waals surface area contributed by atoms with Crippen LogP contribution in [0.2, 0.25) is 0 Å². The molecule has 0 bridgehead atoms. The summed E-state index contributed by atoms with van der Waals surface area (Å²) < 4.78 is 54.2. The van der Waals surface area contributed by atoms with Gasteiger partial charge in [-0.05, 0) is 60.9 Å². The predicted molar refractivity (Wildman–Crippen MR) is 157 cm³/mol. The van der Waals surface area contributed by atoms with E-state index in [4.69, 9.17) is 14.5 Å². The van der Waals surface area contributed by atoms with E-state index in [1.165, 1.54) is 5.56 Å². The van der Waals surface area contributed by atoms with E-state index in [1.54, 1.807) is 7.11 Å². The van der Waals surface area contributed by atoms with Crippen LogP contribution in [0.3, 0.4) is 0 Å². The summed E-state index contributed by atoms with van der Waals surface area (Å²) in [6, 6.07) is 14.0. The van der Waals surface area contributed by atoms with E-state index >= 15 is 0 Å². The number of rotatable bonds is 9. The fourth-order valence-corrected chi connectivity index (χ4v) is 6.59. The van der Waals surface area contributed by atoms with Gasteiger partial charge in [-0.3, -0.25) is 4.90 Å². The van der Waals surface area contributed by atoms with E-state index in [0.717, 1.165) is 68.9 Å². The molecule has 10 heteroatoms. The number of ether oxygens (including phenoxy) is 2. The minimum atomic E-state index is -4.38. The summed E-state index contributed by atoms with van der Waals surface area (Å²) >= 11 is 0. The van der Waals surface area contributed by atoms with Crippen LogP contribution in [0.4, 0.5) is 19.0 Å². The molecule has 3 fully saturated rings. The molecule has 0 amide bonds. The predicted octanol–water partition coefficient (Wildman–Crippen LogP) is 5.43. The summed E-state index contributed by atoms with van der Waals surface area (Å²) in [6.07, 6.45) is -2.01. The van der Waals surface area contributed by atoms with E-state index in [0.29, 0.717) is 43.3 Å². The number of piperidine rings is 1. The maximum absolute atomic E-state index is 14.4. The largest absolute Gasteiger partial charge is 0.496 e. The molecule has 0 radical (unpaired) electrons. The van der Waals surface area contributed by atoms with Gasteiger partial charge in [0.05, 0.1) is 25.8 Å². The number of halogens is 3. The van der Waals surface area contributed by atoms with Gasteiger partial charge < -0.3 is 19.7 Å². The molecule has 42 heavy (non-hydrogen) atoms. The Morgan fingerprint density at radius 2 is 1.79 bits per heavy atom. The lowest BCUT2D eigenvalue weighted by atomic mass is 9.67. The lowest BCUT2D eigenvalue weighted by Gasteiger charge is -2.42. The third-order valence-corrected chi connectivity index (χ3v) is 9.33. The zero-order chi connectivity index (χ0) is 29.2. The molecule has 0 spiro atoms. The van der Waals surface area contributed by atoms with Gasteiger partial charge in [0.15, 0.2) is 0 Å². The molecule has 1 N–H and O–H groups in total. The highest BCUT2D eigenvalue weighted by molar-refractivity contribution is 5.90. The van der Waals surface area contributed by atoms with Gasteiger partial charge in [0, 0.05) is 51.2 Å². The molecule has 2 aromatic carbocycles. The average molecular weight is 584 g/mol. The van der Waals surface area contributed by atoms with Crippen molar-refractivity contribution in [3.8, 4) is 5.75 Å². The number of hydrogen-bond acceptors (Lipinski definition) is 7. The SMILES string of the molecule is COc1ccccc1C1CCN(c2nc(C3(C(F)(F)F)CCC3)nc3ccc(CNCCN4CCOCC4)cc23)CC1. The van der Waals surface area contributed by atoms with Crippen LogP contribution >= 0.6 is 0 Å². The van der Waals surface area contributed by atoms with Gasteiger partial charge in [-0.25, -0.2) is 9.97 Å². The molecule has 2 aliphatic heterocycles. The minimum absolute atomic E-state index is 0.0441. The third-order valence-electron chi connectivity index (χ3n) is 9.33. The van der Waals surface area contributed by atoms with E-state index < -0.39 is 11.6 Å². The zero-order valence-corrected chi connectivity index (χ0v) is 24.3. The van der Waals surface area contributed by atoms with Crippen molar-refractivity contribution in [1.29, 1.82) is 0 Å². The first-order chi connectivity index (χ1) is 20.4. The van der Waals surface area contributed by atoms with Gasteiger partial charge in [0.2, 0.25) is 0 Å². The molecule has 3 aliphatic rings. The van der Waals surface area contributed by atoms with Crippen LogP contribution in [-0.2, 0) is 16.7 Å². The lowest BCUT2D eigenvalue weighted by molar-refractivity contribution is -0.215. The number of morpholine rings is 1. The smallest absolute Gasteiger partial charge is 0.401 e. The number of aromatic nitrogens is 2. The van der Waals surface area contributed by atoms with Crippen LogP contribution in [-0.4, -0.2) is 80.6 Å². The van der Waals surface area contributed by atoms with E-state index in [-0.39, 0.29) is 18.7 Å². The molecule has 2 saturated heterocycles. The Morgan fingerprint density at radius 1 is 1.02 bits per heavy atom. The molecule has 7 nitrogen and oxygen atoms in total. The summed E-state index contributed by atoms with van der Waals surface area (Å²) in [5.41, 5.74) is 0.879. The Morgan fingerprint density at radius 3 is 2.48 bits per heavy atom. The fraction of sp³-hybridized carbons (Fsp3) is 0.562. The van der Waals surface area contributed by atoms with Crippen molar-refractivity contribution in [3.63, 3.8) is 0 Å². The Balaban J connectivity index is 1.26. The molecule has 3 heterocycles. The number of para-hydroxylation sites is 1. The number of anilines is 1. The van der Waals surface area contributed by atoms with E-state index in [2.05, 4.69) is 32.2 Å². The number of benzene rings is 2. The van der Waals surface area contributed by atoms with Crippen LogP contribution in [0.1, 0.15) is 55.0 Å². The second-order valence-corrected chi connectivity index (χ2v) is 11.8. The van der Waals surface area contributed by atoms with Gasteiger partial charge in [0.25, 0.3) is 0 Å². The molecule has 1 saturated carbocycles. The third kappa shape index (κ3) is 5.81. The molecule has 6 rings (SSSR count). The highest BCUT2D eigenvalue weighted by atomic mass is 19.4. The second-order valence-electron chi connectivity index (χ2n) is 11.8. The van der Waals surface area contributed by atoms with Crippen molar-refractivity contribution in [2.24, 2.45) is 0 Å². The van der Waals surface area contributed by atoms with Crippen molar-refractivity contribution in [1.82, 2.24) is 20.2 Å². The van der Waals surface area contributed by atoms with Crippen LogP contribution in [0.15, 0.2) is 42.5 Å². The first-order valence-corrected chi connectivity index (χ1v) is 15.1. The molecule has 226 valence electrons. The Hall–Kier alpha value is -2.95. The van der Waals surface area contributed by atoms with Crippen LogP contribution in [0.5, 0.6) is 5.75 Å². The van der Waals surface area contributed by atoms with Crippen molar-refractivity contribution in [2.45, 2.75) is 56.2 Å². The van der Waals surface area contributed by atoms with Crippen molar-refractivity contribution in [2.75, 3.05) is 64.5 Å². The number of nitrogens with one attached hydrogen (secondary N) is 1. The Bertz CT molecular complexity index is 1370. The maximum Gasteiger partial charge on any atom is 0.401 e. The molecule has 0 unspecified atom stereocenters. The van der Waals surface area contributed by atoms with Gasteiger partial charge in [-0.15, -0.1) is 0 Å². The minimum Gasteiger partial charge on any atom is -0.496 e. The Kier molecular flexibility index (Phi) is 8.56. The lowest BCUT2D eigenvalue weighted by Crippen LogP contribution is -2.49. The number of hydrogen-bond donors (Lipinski definition) is 1. The van der Waals surface area contributed by atoms with E-state index in [1.807, 2.05) is 30.3 Å². The van der Waals surface area contributed by atoms with Gasteiger partial charge in [-0.2, -0.15) is 13.2 Å². The van der Waals surface area contributed by atoms with E-state index in [9.17, 15) is 13.2 Å². The van der Waals surface area contributed by atoms with Gasteiger partial charge in [0.1, 0.15) is 22.8 Å². The first kappa shape index (κ1) is 29.1. The number of alkyl halides is 3. The maximum atomic E-state index is 14.4. The number of fused-ring (bicyclic) bond motifs is 1. The van der Waals surface area contributed by atoms with Crippen LogP contribution in [0, 0.1) is 0 Å². The monoisotopic (exact) mass is 583 g/mol. The molecular formula is C32H40F3N5O2. The molecule has 1 aromatic heterocycles. The topological polar surface area (TPSA) is 62.8 Å². The normalized spacial score (nSPS) is 20.0. The highest BCUT2D eigenvalue weighted by Gasteiger charge is 2.61. The van der Waals surface area contributed by atoms with Gasteiger partial charge in [-0.1, -0.05) is 30.7 Å². The Labute approximate surface area is 245 Å². The summed E-state index contributed by atoms with van der Waals surface area (Å²) in [6.45, 7) is 7.35. The second kappa shape index (κ2) is 12.3. The number of nitrogens with zero attached hydrogens (tertiary/aromatic N) is 4. The van der Waals surface area contributed by atoms with Crippen molar-refractivity contribution >= 4 is 16.7 Å². The molecule has 1 aliphatic carbocycles. The van der Waals surface area contributed by atoms with Crippen molar-refractivity contribution in [3.05, 3.63) is 59.4 Å². The highest BCUT2D eigenvalue weighted by Crippen LogP contribution is 2.54. The summed E-state index contributed by atoms with van der Waals surface area (Å²) in [5, 5.41) is 4.34. The average Bonchev–Trinajstić information content (AvgIpc) is 2.98. The first-order valence-electron chi connectivity index (χ1n) is 15.1. The standard InChI is InChI=1S/C32H40F3N5O2/c1-41-28-6-3-2-5-25(28)24-9-14-40(15-10-24)29-26-21-23(22-36-13-16-39-17-19-42-20-18-39)7-8-27(26)37-30(38-29)31(11-4-12-31)32(33,34)35/h2-3,5-8,21,24,36H,4,9-20,22H2,1H3. The number of methoxy groups -OCH3 is 1. The quantitative estimate of drug-likeness (QED) is 0.337. The molecular weight excluding hydrogens is 543 g/mol. The summed E-state index contributed by atoms with van der Waals surface area (Å²) in [7, 11) is 1.69.